The molecule has 2 N–H and O–H groups in total. The van der Waals surface area contributed by atoms with Crippen molar-refractivity contribution in [2.75, 3.05) is 86.9 Å². The zero-order valence-electron chi connectivity index (χ0n) is 57.9. The number of rotatable bonds is 11. The maximum Gasteiger partial charge on any atom is 0.169 e. The Bertz CT molecular complexity index is 3660. The van der Waals surface area contributed by atoms with Gasteiger partial charge in [0.1, 0.15) is 5.78 Å². The third-order valence-electron chi connectivity index (χ3n) is 20.3. The largest absolute Gasteiger partial charge is 0.373 e. The third kappa shape index (κ3) is 17.6. The fourth-order valence-corrected chi connectivity index (χ4v) is 30.6. The van der Waals surface area contributed by atoms with Crippen LogP contribution in [0.3, 0.4) is 0 Å². The molecule has 8 heterocycles. The molecule has 12 rings (SSSR count). The van der Waals surface area contributed by atoms with E-state index in [9.17, 15) is 4.79 Å². The number of ketones is 1. The van der Waals surface area contributed by atoms with Crippen LogP contribution in [0.4, 0.5) is 0 Å². The Labute approximate surface area is 588 Å². The molecule has 2 saturated heterocycles. The number of aromatic nitrogens is 4. The van der Waals surface area contributed by atoms with E-state index in [1.165, 1.54) is 107 Å². The summed E-state index contributed by atoms with van der Waals surface area (Å²) >= 11 is 19.0. The lowest BCUT2D eigenvalue weighted by molar-refractivity contribution is -0.121. The monoisotopic (exact) mass is 1540 g/mol. The summed E-state index contributed by atoms with van der Waals surface area (Å²) in [6.07, 6.45) is 21.8. The fraction of sp³-hybridized carbons (Fsp3) is 0.507. The summed E-state index contributed by atoms with van der Waals surface area (Å²) in [7, 11) is 5.13. The van der Waals surface area contributed by atoms with Crippen LogP contribution in [0, 0.1) is 0 Å². The normalized spacial score (nSPS) is 16.8. The number of carbonyl (C=O) groups excluding carboxylic acids is 1. The number of fused-ring (bicyclic) bond motifs is 4. The van der Waals surface area contributed by atoms with E-state index in [0.717, 1.165) is 73.9 Å². The molecule has 2 fully saturated rings. The fourth-order valence-electron chi connectivity index (χ4n) is 15.9. The highest BCUT2D eigenvalue weighted by Gasteiger charge is 2.47. The quantitative estimate of drug-likeness (QED) is 0.0997. The summed E-state index contributed by atoms with van der Waals surface area (Å²) < 4.78 is 10.2. The molecular formula is C75H107Br4ClN8OSi2. The maximum atomic E-state index is 10.6. The molecule has 4 aromatic heterocycles. The van der Waals surface area contributed by atoms with Crippen molar-refractivity contribution >= 4 is 152 Å². The number of aromatic amines is 2. The Morgan fingerprint density at radius 1 is 0.462 bits per heavy atom. The Kier molecular flexibility index (Phi) is 28.1. The molecule has 4 aliphatic heterocycles. The van der Waals surface area contributed by atoms with Gasteiger partial charge in [0.05, 0.1) is 0 Å². The molecule has 0 saturated carbocycles. The Balaban J connectivity index is 0.000000171. The zero-order valence-corrected chi connectivity index (χ0v) is 67.0. The van der Waals surface area contributed by atoms with Crippen molar-refractivity contribution in [3.63, 3.8) is 0 Å². The highest BCUT2D eigenvalue weighted by molar-refractivity contribution is 9.11. The lowest BCUT2D eigenvalue weighted by Gasteiger charge is -2.44. The summed E-state index contributed by atoms with van der Waals surface area (Å²) in [5.74, 6) is 1.12. The van der Waals surface area contributed by atoms with Crippen molar-refractivity contribution in [2.45, 2.75) is 161 Å². The van der Waals surface area contributed by atoms with Crippen LogP contribution in [0.5, 0.6) is 0 Å². The van der Waals surface area contributed by atoms with Gasteiger partial charge in [-0.15, -0.1) is 11.6 Å². The predicted molar refractivity (Wildman–Crippen MR) is 417 cm³/mol. The molecule has 496 valence electrons. The number of nitrogens with one attached hydrogen (secondary N) is 2. The number of hydrogen-bond acceptors (Lipinski definition) is 5. The van der Waals surface area contributed by atoms with E-state index >= 15 is 0 Å². The smallest absolute Gasteiger partial charge is 0.169 e. The molecule has 16 heteroatoms. The molecule has 0 radical (unpaired) electrons. The molecule has 8 aromatic rings. The first-order valence-electron chi connectivity index (χ1n) is 33.4. The van der Waals surface area contributed by atoms with Crippen LogP contribution in [0.25, 0.3) is 54.8 Å². The first-order valence-corrected chi connectivity index (χ1v) is 41.7. The number of likely N-dealkylation sites (N-methyl/N-ethyl adjacent to an activating group) is 2. The number of Topliss-reactive ketones (excluding diaryl/α,β-unsaturated/α-hetero) is 1. The molecular weight excluding hydrogens is 1440 g/mol. The second-order valence-electron chi connectivity index (χ2n) is 27.9. The summed E-state index contributed by atoms with van der Waals surface area (Å²) in [6, 6.07) is 28.5. The van der Waals surface area contributed by atoms with Crippen LogP contribution in [-0.2, 0) is 4.79 Å². The molecule has 0 unspecified atom stereocenters. The number of piperidine rings is 2. The average Bonchev–Trinajstić information content (AvgIpc) is 1.65. The van der Waals surface area contributed by atoms with E-state index < -0.39 is 16.5 Å². The van der Waals surface area contributed by atoms with Gasteiger partial charge in [-0.2, -0.15) is 0 Å². The molecule has 9 nitrogen and oxygen atoms in total. The van der Waals surface area contributed by atoms with Gasteiger partial charge in [-0.25, -0.2) is 0 Å². The first-order chi connectivity index (χ1) is 43.3. The molecule has 4 aromatic carbocycles. The number of nitrogens with zero attached hydrogens (tertiary/aromatic N) is 6. The molecule has 0 atom stereocenters. The number of hydrogen-bond donors (Lipinski definition) is 2. The Morgan fingerprint density at radius 3 is 1.36 bits per heavy atom. The summed E-state index contributed by atoms with van der Waals surface area (Å²) in [4.78, 5) is 26.5. The van der Waals surface area contributed by atoms with Crippen molar-refractivity contribution in [1.29, 1.82) is 0 Å². The lowest BCUT2D eigenvalue weighted by atomic mass is 9.89. The minimum atomic E-state index is -1.79. The number of alkyl halides is 1. The van der Waals surface area contributed by atoms with Crippen molar-refractivity contribution < 1.29 is 4.79 Å². The summed E-state index contributed by atoms with van der Waals surface area (Å²) in [5.41, 5.74) is 16.9. The number of H-pyrrole nitrogens is 2. The zero-order chi connectivity index (χ0) is 66.6. The Hall–Kier alpha value is -3.33. The minimum Gasteiger partial charge on any atom is -0.373 e. The van der Waals surface area contributed by atoms with Crippen molar-refractivity contribution in [1.82, 2.24) is 38.0 Å². The van der Waals surface area contributed by atoms with E-state index in [2.05, 4.69) is 321 Å². The summed E-state index contributed by atoms with van der Waals surface area (Å²) in [6.45, 7) is 38.2. The molecule has 4 aliphatic rings. The van der Waals surface area contributed by atoms with Gasteiger partial charge >= 0.3 is 0 Å². The van der Waals surface area contributed by atoms with Gasteiger partial charge in [0.2, 0.25) is 0 Å². The van der Waals surface area contributed by atoms with Crippen molar-refractivity contribution in [3.05, 3.63) is 150 Å². The van der Waals surface area contributed by atoms with Gasteiger partial charge in [-0.3, -0.25) is 4.79 Å². The van der Waals surface area contributed by atoms with Crippen LogP contribution in [0.15, 0.2) is 134 Å². The van der Waals surface area contributed by atoms with Crippen molar-refractivity contribution in [2.24, 2.45) is 0 Å². The summed E-state index contributed by atoms with van der Waals surface area (Å²) in [5, 5.41) is 5.49. The van der Waals surface area contributed by atoms with Gasteiger partial charge < -0.3 is 38.0 Å². The second-order valence-corrected chi connectivity index (χ2v) is 43.0. The van der Waals surface area contributed by atoms with Gasteiger partial charge in [0.25, 0.3) is 0 Å². The van der Waals surface area contributed by atoms with Gasteiger partial charge in [0, 0.05) is 144 Å². The predicted octanol–water partition coefficient (Wildman–Crippen LogP) is 22.1. The van der Waals surface area contributed by atoms with Gasteiger partial charge in [0.15, 0.2) is 16.5 Å². The minimum absolute atomic E-state index is 0.420. The SMILES string of the molecule is Brc1ccc2cc[nH]c2c1.CC(C)[Si](C(C)C)(C(C)C)n1cc(C2=CCN(C)CC2)c2ccc(Br)cc21.CC(C)[Si](C(C)C)(C(C)C)n1cc(C2CCN(C)CC2)c2ccc(Br)cc21.CCl.CN1CC=C(c2c[nH]c3cc(Br)ccc23)CC1.CN1CCC(=O)CC1. The van der Waals surface area contributed by atoms with E-state index in [1.807, 2.05) is 19.3 Å². The van der Waals surface area contributed by atoms with Gasteiger partial charge in [-0.1, -0.05) is 183 Å². The number of halogens is 5. The van der Waals surface area contributed by atoms with E-state index in [4.69, 9.17) is 0 Å². The van der Waals surface area contributed by atoms with Crippen LogP contribution in [0.1, 0.15) is 144 Å². The molecule has 0 bridgehead atoms. The van der Waals surface area contributed by atoms with E-state index in [0.29, 0.717) is 44.9 Å². The average molecular weight is 1550 g/mol. The van der Waals surface area contributed by atoms with Crippen LogP contribution in [0.2, 0.25) is 33.2 Å². The van der Waals surface area contributed by atoms with E-state index in [1.54, 1.807) is 5.56 Å². The first kappa shape index (κ1) is 75.1. The second kappa shape index (κ2) is 34.1. The van der Waals surface area contributed by atoms with E-state index in [-0.39, 0.29) is 0 Å². The standard InChI is InChI=1S/C23H37BrN2Si.C23H35BrN2Si.C14H15BrN2.C8H6BrN.C6H11NO.CH3Cl/c2*1-16(2)27(17(3)4,18(5)6)26-15-22(19-10-12-25(7)13-11-19)21-9-8-20(24)14-23(21)26;1-17-6-4-10(5-7-17)13-9-16-14-8-11(15)2-3-12(13)14;9-7-2-1-6-3-4-10-8(6)5-7;1-7-4-2-6(8)3-5-7;1-2/h8-9,14-19H,10-13H2,1-7H3;8-10,14-18H,11-13H2,1-7H3;2-4,8-9,16H,5-7H2,1H3;1-5,10H;2-5H2,1H3;1H3. The number of carbonyl (C=O) groups is 1. The lowest BCUT2D eigenvalue weighted by Crippen LogP contribution is -2.51. The number of benzene rings is 4. The maximum absolute atomic E-state index is 10.6. The topological polar surface area (TPSA) is 71.5 Å². The number of likely N-dealkylation sites (tertiary alicyclic amines) is 2. The van der Waals surface area contributed by atoms with Gasteiger partial charge in [-0.05, 0) is 189 Å². The molecule has 0 aliphatic carbocycles. The molecule has 91 heavy (non-hydrogen) atoms. The van der Waals surface area contributed by atoms with Crippen LogP contribution >= 0.6 is 75.3 Å². The molecule has 0 amide bonds. The highest BCUT2D eigenvalue weighted by atomic mass is 79.9. The van der Waals surface area contributed by atoms with Crippen LogP contribution in [-0.4, -0.2) is 147 Å². The Morgan fingerprint density at radius 2 is 0.879 bits per heavy atom. The molecule has 0 spiro atoms. The van der Waals surface area contributed by atoms with Crippen LogP contribution < -0.4 is 0 Å². The highest BCUT2D eigenvalue weighted by Crippen LogP contribution is 2.48. The third-order valence-corrected chi connectivity index (χ3v) is 35.8. The van der Waals surface area contributed by atoms with Crippen molar-refractivity contribution in [3.8, 4) is 0 Å².